The minimum absolute atomic E-state index is 0.0144. The van der Waals surface area contributed by atoms with E-state index in [1.54, 1.807) is 19.5 Å². The van der Waals surface area contributed by atoms with Crippen LogP contribution in [0.25, 0.3) is 0 Å². The molecule has 0 saturated carbocycles. The van der Waals surface area contributed by atoms with Gasteiger partial charge in [-0.15, -0.1) is 0 Å². The van der Waals surface area contributed by atoms with Gasteiger partial charge in [0.1, 0.15) is 5.69 Å². The van der Waals surface area contributed by atoms with Crippen LogP contribution in [-0.2, 0) is 4.74 Å². The fourth-order valence-corrected chi connectivity index (χ4v) is 2.00. The Hall–Kier alpha value is -1.20. The molecule has 0 radical (unpaired) electrons. The lowest BCUT2D eigenvalue weighted by molar-refractivity contribution is 0.0387. The normalized spacial score (nSPS) is 26.7. The number of ether oxygens (including phenoxy) is 2. The van der Waals surface area contributed by atoms with Crippen molar-refractivity contribution in [3.63, 3.8) is 0 Å². The van der Waals surface area contributed by atoms with Crippen LogP contribution in [-0.4, -0.2) is 29.3 Å². The predicted molar refractivity (Wildman–Crippen MR) is 59.1 cm³/mol. The molecule has 1 fully saturated rings. The molecule has 1 aromatic rings. The maximum atomic E-state index is 6.13. The Balaban J connectivity index is 2.16. The number of aromatic nitrogens is 2. The molecule has 16 heavy (non-hydrogen) atoms. The number of methoxy groups -OCH3 is 1. The smallest absolute Gasteiger partial charge is 0.237 e. The van der Waals surface area contributed by atoms with Crippen LogP contribution >= 0.6 is 0 Å². The molecule has 0 bridgehead atoms. The van der Waals surface area contributed by atoms with Crippen LogP contribution in [0.4, 0.5) is 0 Å². The Kier molecular flexibility index (Phi) is 3.36. The minimum atomic E-state index is -0.270. The molecule has 5 nitrogen and oxygen atoms in total. The van der Waals surface area contributed by atoms with Gasteiger partial charge in [0.05, 0.1) is 25.4 Å². The predicted octanol–water partition coefficient (Wildman–Crippen LogP) is 1.05. The molecule has 3 atom stereocenters. The van der Waals surface area contributed by atoms with Crippen LogP contribution in [0.3, 0.4) is 0 Å². The highest BCUT2D eigenvalue weighted by Gasteiger charge is 2.31. The Labute approximate surface area is 95.0 Å². The van der Waals surface area contributed by atoms with Crippen molar-refractivity contribution in [2.75, 3.05) is 7.11 Å². The van der Waals surface area contributed by atoms with Crippen molar-refractivity contribution in [1.82, 2.24) is 9.97 Å². The Morgan fingerprint density at radius 2 is 2.19 bits per heavy atom. The number of hydrogen-bond donors (Lipinski definition) is 1. The molecule has 3 unspecified atom stereocenters. The first-order valence-electron chi connectivity index (χ1n) is 5.48. The van der Waals surface area contributed by atoms with Gasteiger partial charge in [0.15, 0.2) is 0 Å². The SMILES string of the molecule is COc1nccnc1C(N)C1CCC(C)O1. The molecular formula is C11H17N3O2. The van der Waals surface area contributed by atoms with Crippen molar-refractivity contribution >= 4 is 0 Å². The molecule has 5 heteroatoms. The zero-order chi connectivity index (χ0) is 11.5. The van der Waals surface area contributed by atoms with Gasteiger partial charge in [0, 0.05) is 12.4 Å². The van der Waals surface area contributed by atoms with Crippen LogP contribution in [0.2, 0.25) is 0 Å². The lowest BCUT2D eigenvalue weighted by atomic mass is 10.1. The maximum absolute atomic E-state index is 6.13. The zero-order valence-electron chi connectivity index (χ0n) is 9.59. The van der Waals surface area contributed by atoms with E-state index in [4.69, 9.17) is 15.2 Å². The number of hydrogen-bond acceptors (Lipinski definition) is 5. The summed E-state index contributed by atoms with van der Waals surface area (Å²) in [5.74, 6) is 0.484. The number of nitrogens with zero attached hydrogens (tertiary/aromatic N) is 2. The molecule has 0 aromatic carbocycles. The van der Waals surface area contributed by atoms with Crippen LogP contribution < -0.4 is 10.5 Å². The summed E-state index contributed by atoms with van der Waals surface area (Å²) < 4.78 is 10.9. The summed E-state index contributed by atoms with van der Waals surface area (Å²) in [5, 5.41) is 0. The Bertz CT molecular complexity index is 359. The number of nitrogens with two attached hydrogens (primary N) is 1. The summed E-state index contributed by atoms with van der Waals surface area (Å²) in [6.45, 7) is 2.06. The highest BCUT2D eigenvalue weighted by atomic mass is 16.5. The molecule has 88 valence electrons. The third-order valence-corrected chi connectivity index (χ3v) is 2.87. The van der Waals surface area contributed by atoms with E-state index in [1.807, 2.05) is 0 Å². The molecule has 0 amide bonds. The van der Waals surface area contributed by atoms with Crippen LogP contribution in [0.1, 0.15) is 31.5 Å². The molecule has 2 heterocycles. The Morgan fingerprint density at radius 1 is 1.44 bits per heavy atom. The van der Waals surface area contributed by atoms with E-state index in [9.17, 15) is 0 Å². The van der Waals surface area contributed by atoms with Crippen molar-refractivity contribution in [1.29, 1.82) is 0 Å². The first-order valence-corrected chi connectivity index (χ1v) is 5.48. The van der Waals surface area contributed by atoms with Gasteiger partial charge in [-0.3, -0.25) is 4.98 Å². The number of rotatable bonds is 3. The molecular weight excluding hydrogens is 206 g/mol. The van der Waals surface area contributed by atoms with E-state index in [1.165, 1.54) is 0 Å². The van der Waals surface area contributed by atoms with Crippen LogP contribution in [0.5, 0.6) is 5.88 Å². The third kappa shape index (κ3) is 2.15. The second-order valence-electron chi connectivity index (χ2n) is 4.04. The van der Waals surface area contributed by atoms with Crippen molar-refractivity contribution in [2.24, 2.45) is 5.73 Å². The topological polar surface area (TPSA) is 70.3 Å². The average molecular weight is 223 g/mol. The van der Waals surface area contributed by atoms with Crippen molar-refractivity contribution in [3.8, 4) is 5.88 Å². The second kappa shape index (κ2) is 4.76. The highest BCUT2D eigenvalue weighted by molar-refractivity contribution is 5.22. The lowest BCUT2D eigenvalue weighted by Crippen LogP contribution is -2.27. The molecule has 1 aliphatic heterocycles. The Morgan fingerprint density at radius 3 is 2.81 bits per heavy atom. The first kappa shape index (κ1) is 11.3. The average Bonchev–Trinajstić information content (AvgIpc) is 2.75. The summed E-state index contributed by atoms with van der Waals surface area (Å²) in [5.41, 5.74) is 6.80. The highest BCUT2D eigenvalue weighted by Crippen LogP contribution is 2.30. The largest absolute Gasteiger partial charge is 0.480 e. The fourth-order valence-electron chi connectivity index (χ4n) is 2.00. The molecule has 0 aliphatic carbocycles. The summed E-state index contributed by atoms with van der Waals surface area (Å²) in [6, 6.07) is -0.270. The van der Waals surface area contributed by atoms with E-state index in [2.05, 4.69) is 16.9 Å². The van der Waals surface area contributed by atoms with Crippen molar-refractivity contribution < 1.29 is 9.47 Å². The lowest BCUT2D eigenvalue weighted by Gasteiger charge is -2.19. The van der Waals surface area contributed by atoms with Gasteiger partial charge in [-0.2, -0.15) is 0 Å². The molecule has 2 N–H and O–H groups in total. The first-order chi connectivity index (χ1) is 7.72. The zero-order valence-corrected chi connectivity index (χ0v) is 9.59. The molecule has 1 saturated heterocycles. The van der Waals surface area contributed by atoms with E-state index in [-0.39, 0.29) is 18.2 Å². The van der Waals surface area contributed by atoms with E-state index >= 15 is 0 Å². The third-order valence-electron chi connectivity index (χ3n) is 2.87. The fraction of sp³-hybridized carbons (Fsp3) is 0.636. The quantitative estimate of drug-likeness (QED) is 0.829. The molecule has 0 spiro atoms. The molecule has 2 rings (SSSR count). The van der Waals surface area contributed by atoms with E-state index < -0.39 is 0 Å². The standard InChI is InChI=1S/C11H17N3O2/c1-7-3-4-8(16-7)9(12)10-11(15-2)14-6-5-13-10/h5-9H,3-4,12H2,1-2H3. The minimum Gasteiger partial charge on any atom is -0.480 e. The monoisotopic (exact) mass is 223 g/mol. The van der Waals surface area contributed by atoms with Gasteiger partial charge in [0.25, 0.3) is 0 Å². The van der Waals surface area contributed by atoms with E-state index in [0.29, 0.717) is 11.6 Å². The maximum Gasteiger partial charge on any atom is 0.237 e. The van der Waals surface area contributed by atoms with Gasteiger partial charge < -0.3 is 15.2 Å². The van der Waals surface area contributed by atoms with Crippen LogP contribution in [0, 0.1) is 0 Å². The summed E-state index contributed by atoms with van der Waals surface area (Å²) in [4.78, 5) is 8.31. The van der Waals surface area contributed by atoms with Crippen molar-refractivity contribution in [3.05, 3.63) is 18.1 Å². The van der Waals surface area contributed by atoms with Gasteiger partial charge >= 0.3 is 0 Å². The van der Waals surface area contributed by atoms with Crippen LogP contribution in [0.15, 0.2) is 12.4 Å². The van der Waals surface area contributed by atoms with Gasteiger partial charge in [-0.25, -0.2) is 4.98 Å². The van der Waals surface area contributed by atoms with Gasteiger partial charge in [0.2, 0.25) is 5.88 Å². The molecule has 1 aliphatic rings. The van der Waals surface area contributed by atoms with Crippen molar-refractivity contribution in [2.45, 2.75) is 38.0 Å². The van der Waals surface area contributed by atoms with Gasteiger partial charge in [-0.05, 0) is 19.8 Å². The van der Waals surface area contributed by atoms with E-state index in [0.717, 1.165) is 12.8 Å². The summed E-state index contributed by atoms with van der Waals surface area (Å²) in [7, 11) is 1.57. The van der Waals surface area contributed by atoms with Gasteiger partial charge in [-0.1, -0.05) is 0 Å². The summed E-state index contributed by atoms with van der Waals surface area (Å²) in [6.07, 6.45) is 5.51. The summed E-state index contributed by atoms with van der Waals surface area (Å²) >= 11 is 0. The molecule has 1 aromatic heterocycles. The second-order valence-corrected chi connectivity index (χ2v) is 4.04.